The molecule has 21 heavy (non-hydrogen) atoms. The third kappa shape index (κ3) is 2.27. The number of rotatable bonds is 3. The zero-order valence-corrected chi connectivity index (χ0v) is 12.9. The van der Waals surface area contributed by atoms with E-state index in [1.165, 1.54) is 38.5 Å². The van der Waals surface area contributed by atoms with Crippen molar-refractivity contribution in [3.63, 3.8) is 0 Å². The molecule has 2 amide bonds. The van der Waals surface area contributed by atoms with Gasteiger partial charge in [0.1, 0.15) is 6.04 Å². The van der Waals surface area contributed by atoms with E-state index in [1.54, 1.807) is 0 Å². The van der Waals surface area contributed by atoms with E-state index in [0.717, 1.165) is 17.8 Å². The fourth-order valence-electron chi connectivity index (χ4n) is 5.99. The molecule has 0 radical (unpaired) electrons. The molecule has 5 rings (SSSR count). The summed E-state index contributed by atoms with van der Waals surface area (Å²) in [4.78, 5) is 23.6. The summed E-state index contributed by atoms with van der Waals surface area (Å²) in [6.45, 7) is 2.20. The largest absolute Gasteiger partial charge is 0.351 e. The maximum atomic E-state index is 12.4. The molecule has 5 fully saturated rings. The molecule has 1 saturated heterocycles. The summed E-state index contributed by atoms with van der Waals surface area (Å²) in [6, 6.07) is -0.0511. The first kappa shape index (κ1) is 13.6. The quantitative estimate of drug-likeness (QED) is 0.835. The zero-order chi connectivity index (χ0) is 14.6. The summed E-state index contributed by atoms with van der Waals surface area (Å²) in [5.74, 6) is 2.76. The minimum Gasteiger partial charge on any atom is -0.351 e. The van der Waals surface area contributed by atoms with Gasteiger partial charge >= 0.3 is 0 Å². The van der Waals surface area contributed by atoms with Gasteiger partial charge in [-0.3, -0.25) is 9.59 Å². The van der Waals surface area contributed by atoms with E-state index in [2.05, 4.69) is 17.6 Å². The van der Waals surface area contributed by atoms with Crippen LogP contribution in [-0.2, 0) is 9.59 Å². The highest BCUT2D eigenvalue weighted by Gasteiger charge is 2.53. The van der Waals surface area contributed by atoms with Gasteiger partial charge in [-0.2, -0.15) is 0 Å². The molecule has 0 aromatic carbocycles. The van der Waals surface area contributed by atoms with Gasteiger partial charge < -0.3 is 10.6 Å². The van der Waals surface area contributed by atoms with E-state index in [4.69, 9.17) is 0 Å². The first-order chi connectivity index (χ1) is 10.0. The lowest BCUT2D eigenvalue weighted by atomic mass is 9.48. The summed E-state index contributed by atoms with van der Waals surface area (Å²) < 4.78 is 0. The van der Waals surface area contributed by atoms with Crippen molar-refractivity contribution in [2.45, 2.75) is 70.4 Å². The van der Waals surface area contributed by atoms with Gasteiger partial charge in [0.2, 0.25) is 11.8 Å². The number of carbonyl (C=O) groups is 2. The van der Waals surface area contributed by atoms with Crippen molar-refractivity contribution < 1.29 is 9.59 Å². The SMILES string of the molecule is C[C@H](NC(=O)[C@H]1CCC(=O)N1)C12CC3CC(CC(C3)C1)C2. The van der Waals surface area contributed by atoms with E-state index in [-0.39, 0.29) is 23.9 Å². The van der Waals surface area contributed by atoms with Crippen molar-refractivity contribution in [2.24, 2.45) is 23.2 Å². The Hall–Kier alpha value is -1.06. The molecule has 4 saturated carbocycles. The Balaban J connectivity index is 1.44. The standard InChI is InChI=1S/C17H26N2O2/c1-10(18-16(21)14-2-3-15(20)19-14)17-7-11-4-12(8-17)6-13(5-11)9-17/h10-14H,2-9H2,1H3,(H,18,21)(H,19,20)/t10-,11?,12?,13?,14+,17?/m0/s1. The summed E-state index contributed by atoms with van der Waals surface area (Å²) >= 11 is 0. The van der Waals surface area contributed by atoms with Gasteiger partial charge in [0.25, 0.3) is 0 Å². The van der Waals surface area contributed by atoms with Crippen molar-refractivity contribution in [1.29, 1.82) is 0 Å². The fourth-order valence-corrected chi connectivity index (χ4v) is 5.99. The highest BCUT2D eigenvalue weighted by molar-refractivity contribution is 5.90. The third-order valence-corrected chi connectivity index (χ3v) is 6.67. The second-order valence-corrected chi connectivity index (χ2v) is 8.17. The lowest BCUT2D eigenvalue weighted by Crippen LogP contribution is -2.57. The molecule has 0 unspecified atom stereocenters. The zero-order valence-electron chi connectivity index (χ0n) is 12.9. The maximum Gasteiger partial charge on any atom is 0.242 e. The van der Waals surface area contributed by atoms with Crippen molar-refractivity contribution in [1.82, 2.24) is 10.6 Å². The van der Waals surface area contributed by atoms with Gasteiger partial charge in [-0.15, -0.1) is 0 Å². The van der Waals surface area contributed by atoms with E-state index in [0.29, 0.717) is 18.3 Å². The van der Waals surface area contributed by atoms with Crippen LogP contribution in [0.1, 0.15) is 58.3 Å². The van der Waals surface area contributed by atoms with Crippen LogP contribution >= 0.6 is 0 Å². The molecule has 0 spiro atoms. The molecule has 116 valence electrons. The first-order valence-corrected chi connectivity index (χ1v) is 8.64. The van der Waals surface area contributed by atoms with Crippen LogP contribution in [0.2, 0.25) is 0 Å². The Bertz CT molecular complexity index is 438. The molecular weight excluding hydrogens is 264 g/mol. The molecule has 0 aromatic rings. The van der Waals surface area contributed by atoms with Gasteiger partial charge in [-0.25, -0.2) is 0 Å². The second kappa shape index (κ2) is 4.72. The van der Waals surface area contributed by atoms with Crippen LogP contribution in [0.15, 0.2) is 0 Å². The van der Waals surface area contributed by atoms with Crippen LogP contribution < -0.4 is 10.6 Å². The normalized spacial score (nSPS) is 45.5. The lowest BCUT2D eigenvalue weighted by Gasteiger charge is -2.59. The Labute approximate surface area is 126 Å². The fraction of sp³-hybridized carbons (Fsp3) is 0.882. The Morgan fingerprint density at radius 1 is 1.19 bits per heavy atom. The number of carbonyl (C=O) groups excluding carboxylic acids is 2. The van der Waals surface area contributed by atoms with Gasteiger partial charge in [0.05, 0.1) is 0 Å². The lowest BCUT2D eigenvalue weighted by molar-refractivity contribution is -0.129. The minimum absolute atomic E-state index is 0.0117. The molecular formula is C17H26N2O2. The molecule has 4 aliphatic carbocycles. The van der Waals surface area contributed by atoms with E-state index in [1.807, 2.05) is 0 Å². The topological polar surface area (TPSA) is 58.2 Å². The van der Waals surface area contributed by atoms with Crippen molar-refractivity contribution in [3.8, 4) is 0 Å². The maximum absolute atomic E-state index is 12.4. The number of hydrogen-bond acceptors (Lipinski definition) is 2. The van der Waals surface area contributed by atoms with Crippen LogP contribution in [0, 0.1) is 23.2 Å². The smallest absolute Gasteiger partial charge is 0.242 e. The van der Waals surface area contributed by atoms with E-state index >= 15 is 0 Å². The summed E-state index contributed by atoms with van der Waals surface area (Å²) in [5.41, 5.74) is 0.340. The molecule has 0 aromatic heterocycles. The Morgan fingerprint density at radius 3 is 2.24 bits per heavy atom. The van der Waals surface area contributed by atoms with Crippen LogP contribution in [0.25, 0.3) is 0 Å². The van der Waals surface area contributed by atoms with E-state index in [9.17, 15) is 9.59 Å². The van der Waals surface area contributed by atoms with Crippen LogP contribution in [-0.4, -0.2) is 23.9 Å². The predicted molar refractivity (Wildman–Crippen MR) is 79.4 cm³/mol. The molecule has 4 bridgehead atoms. The summed E-state index contributed by atoms with van der Waals surface area (Å²) in [6.07, 6.45) is 9.34. The molecule has 1 aliphatic heterocycles. The molecule has 2 N–H and O–H groups in total. The van der Waals surface area contributed by atoms with Crippen molar-refractivity contribution >= 4 is 11.8 Å². The highest BCUT2D eigenvalue weighted by Crippen LogP contribution is 2.61. The van der Waals surface area contributed by atoms with Gasteiger partial charge in [0.15, 0.2) is 0 Å². The van der Waals surface area contributed by atoms with Crippen LogP contribution in [0.5, 0.6) is 0 Å². The molecule has 2 atom stereocenters. The van der Waals surface area contributed by atoms with Crippen LogP contribution in [0.4, 0.5) is 0 Å². The van der Waals surface area contributed by atoms with Gasteiger partial charge in [0, 0.05) is 12.5 Å². The summed E-state index contributed by atoms with van der Waals surface area (Å²) in [5, 5.41) is 6.03. The van der Waals surface area contributed by atoms with Crippen LogP contribution in [0.3, 0.4) is 0 Å². The Kier molecular flexibility index (Phi) is 3.05. The average molecular weight is 290 g/mol. The Morgan fingerprint density at radius 2 is 1.76 bits per heavy atom. The van der Waals surface area contributed by atoms with Crippen molar-refractivity contribution in [2.75, 3.05) is 0 Å². The monoisotopic (exact) mass is 290 g/mol. The third-order valence-electron chi connectivity index (χ3n) is 6.67. The number of nitrogens with one attached hydrogen (secondary N) is 2. The average Bonchev–Trinajstić information content (AvgIpc) is 2.84. The predicted octanol–water partition coefficient (Wildman–Crippen LogP) is 1.99. The number of amides is 2. The van der Waals surface area contributed by atoms with Crippen molar-refractivity contribution in [3.05, 3.63) is 0 Å². The molecule has 4 heteroatoms. The summed E-state index contributed by atoms with van der Waals surface area (Å²) in [7, 11) is 0. The first-order valence-electron chi connectivity index (χ1n) is 8.64. The second-order valence-electron chi connectivity index (χ2n) is 8.17. The van der Waals surface area contributed by atoms with E-state index < -0.39 is 0 Å². The number of hydrogen-bond donors (Lipinski definition) is 2. The highest BCUT2D eigenvalue weighted by atomic mass is 16.2. The molecule has 1 heterocycles. The van der Waals surface area contributed by atoms with Gasteiger partial charge in [-0.05, 0) is 75.0 Å². The molecule has 4 nitrogen and oxygen atoms in total. The minimum atomic E-state index is -0.297. The van der Waals surface area contributed by atoms with Gasteiger partial charge in [-0.1, -0.05) is 0 Å². The molecule has 5 aliphatic rings.